The van der Waals surface area contributed by atoms with Crippen LogP contribution in [0.4, 0.5) is 5.69 Å². The smallest absolute Gasteiger partial charge is 0.746 e. The van der Waals surface area contributed by atoms with Gasteiger partial charge in [0.05, 0.1) is 31.5 Å². The van der Waals surface area contributed by atoms with Gasteiger partial charge in [0.1, 0.15) is 15.5 Å². The average Bonchev–Trinajstić information content (AvgIpc) is 3.21. The van der Waals surface area contributed by atoms with Gasteiger partial charge in [0.25, 0.3) is 5.91 Å². The third kappa shape index (κ3) is 4.18. The minimum Gasteiger partial charge on any atom is -0.746 e. The molecule has 8 nitrogen and oxygen atoms in total. The summed E-state index contributed by atoms with van der Waals surface area (Å²) in [6.45, 7) is 0. The van der Waals surface area contributed by atoms with E-state index in [-0.39, 0.29) is 47.2 Å². The van der Waals surface area contributed by atoms with Gasteiger partial charge in [-0.3, -0.25) is 4.79 Å². The molecule has 0 saturated carbocycles. The van der Waals surface area contributed by atoms with Gasteiger partial charge < -0.3 is 24.2 Å². The van der Waals surface area contributed by atoms with Crippen LogP contribution in [0.15, 0.2) is 60.8 Å². The molecule has 10 heteroatoms. The average molecular weight is 488 g/mol. The number of nitrogens with zero attached hydrogens (tertiary/aromatic N) is 1. The van der Waals surface area contributed by atoms with Crippen LogP contribution in [0.3, 0.4) is 0 Å². The number of carbonyl (C=O) groups excluding carboxylic acids is 1. The van der Waals surface area contributed by atoms with Crippen molar-refractivity contribution in [2.75, 3.05) is 19.5 Å². The molecule has 34 heavy (non-hydrogen) atoms. The first kappa shape index (κ1) is 24.6. The van der Waals surface area contributed by atoms with Crippen molar-refractivity contribution in [2.45, 2.75) is 17.8 Å². The van der Waals surface area contributed by atoms with Crippen LogP contribution in [0, 0.1) is 0 Å². The van der Waals surface area contributed by atoms with Crippen LogP contribution < -0.4 is 44.3 Å². The Morgan fingerprint density at radius 2 is 1.68 bits per heavy atom. The molecule has 2 aliphatic rings. The minimum atomic E-state index is -4.81. The van der Waals surface area contributed by atoms with Gasteiger partial charge in [-0.2, -0.15) is 0 Å². The van der Waals surface area contributed by atoms with Gasteiger partial charge in [-0.15, -0.1) is 0 Å². The van der Waals surface area contributed by atoms with E-state index in [1.807, 2.05) is 42.5 Å². The zero-order chi connectivity index (χ0) is 23.3. The Hall–Kier alpha value is -2.56. The monoisotopic (exact) mass is 488 g/mol. The van der Waals surface area contributed by atoms with Crippen LogP contribution in [0.2, 0.25) is 0 Å². The molecule has 0 aromatic heterocycles. The van der Waals surface area contributed by atoms with E-state index in [1.54, 1.807) is 6.20 Å². The van der Waals surface area contributed by atoms with Crippen molar-refractivity contribution in [1.82, 2.24) is 4.90 Å². The fourth-order valence-corrected chi connectivity index (χ4v) is 5.40. The van der Waals surface area contributed by atoms with Crippen LogP contribution in [0.5, 0.6) is 11.5 Å². The van der Waals surface area contributed by atoms with Gasteiger partial charge in [-0.25, -0.2) is 8.42 Å². The summed E-state index contributed by atoms with van der Waals surface area (Å²) < 4.78 is 47.4. The topological polar surface area (TPSA) is 108 Å². The Kier molecular flexibility index (Phi) is 6.67. The maximum absolute atomic E-state index is 13.5. The summed E-state index contributed by atoms with van der Waals surface area (Å²) >= 11 is 0. The molecule has 0 bridgehead atoms. The van der Waals surface area contributed by atoms with E-state index >= 15 is 0 Å². The summed E-state index contributed by atoms with van der Waals surface area (Å²) in [6, 6.07) is 15.8. The number of benzene rings is 3. The van der Waals surface area contributed by atoms with E-state index in [9.17, 15) is 17.8 Å². The first-order valence-electron chi connectivity index (χ1n) is 10.3. The number of ether oxygens (including phenoxy) is 2. The standard InChI is InChI=1S/C24H22N2O6S.Na/c1-31-21-11-18-19(12-22(21)32-2)25-23(33(28,29)30)20-10-17(13-26(20)24(18)27)16-8-7-14-5-3-4-6-15(14)9-16;/h3-9,11-13,20,23,25H,10H2,1-2H3,(H,28,29,30);/q;+1/p-1/t20-,23-;/m0./s1. The van der Waals surface area contributed by atoms with Crippen LogP contribution in [0.1, 0.15) is 22.3 Å². The Bertz CT molecular complexity index is 1420. The molecule has 1 N–H and O–H groups in total. The maximum atomic E-state index is 13.5. The Morgan fingerprint density at radius 3 is 2.35 bits per heavy atom. The molecule has 2 atom stereocenters. The molecule has 3 aromatic carbocycles. The molecule has 1 amide bonds. The van der Waals surface area contributed by atoms with Crippen molar-refractivity contribution in [1.29, 1.82) is 0 Å². The van der Waals surface area contributed by atoms with E-state index in [1.165, 1.54) is 31.3 Å². The zero-order valence-electron chi connectivity index (χ0n) is 18.9. The third-order valence-corrected chi connectivity index (χ3v) is 7.20. The first-order valence-corrected chi connectivity index (χ1v) is 11.8. The summed E-state index contributed by atoms with van der Waals surface area (Å²) in [7, 11) is -1.93. The normalized spacial score (nSPS) is 19.3. The molecule has 0 fully saturated rings. The second kappa shape index (κ2) is 9.24. The Balaban J connectivity index is 0.00000274. The number of hydrogen-bond acceptors (Lipinski definition) is 7. The first-order chi connectivity index (χ1) is 15.8. The molecule has 5 rings (SSSR count). The van der Waals surface area contributed by atoms with Crippen LogP contribution in [-0.2, 0) is 10.1 Å². The quantitative estimate of drug-likeness (QED) is 0.419. The van der Waals surface area contributed by atoms with Gasteiger partial charge in [0.2, 0.25) is 0 Å². The molecule has 2 aliphatic heterocycles. The summed E-state index contributed by atoms with van der Waals surface area (Å²) in [5.41, 5.74) is 2.04. The number of anilines is 1. The SMILES string of the molecule is COc1cc2c(cc1OC)C(=O)N1C=C(c3ccc4ccccc4c3)C[C@H]1[C@H](S(=O)(=O)[O-])N2.[Na+]. The van der Waals surface area contributed by atoms with Gasteiger partial charge in [0, 0.05) is 12.3 Å². The van der Waals surface area contributed by atoms with Crippen molar-refractivity contribution in [3.8, 4) is 11.5 Å². The number of methoxy groups -OCH3 is 2. The van der Waals surface area contributed by atoms with Gasteiger partial charge in [-0.05, 0) is 40.5 Å². The predicted molar refractivity (Wildman–Crippen MR) is 123 cm³/mol. The fraction of sp³-hybridized carbons (Fsp3) is 0.208. The number of nitrogens with one attached hydrogen (secondary N) is 1. The summed E-state index contributed by atoms with van der Waals surface area (Å²) in [5, 5.41) is 3.36. The van der Waals surface area contributed by atoms with E-state index < -0.39 is 27.4 Å². The largest absolute Gasteiger partial charge is 1.00 e. The third-order valence-electron chi connectivity index (χ3n) is 6.15. The summed E-state index contributed by atoms with van der Waals surface area (Å²) in [6.07, 6.45) is 1.86. The summed E-state index contributed by atoms with van der Waals surface area (Å²) in [4.78, 5) is 14.8. The van der Waals surface area contributed by atoms with E-state index in [4.69, 9.17) is 9.47 Å². The number of hydrogen-bond donors (Lipinski definition) is 1. The second-order valence-corrected chi connectivity index (χ2v) is 9.50. The van der Waals surface area contributed by atoms with Gasteiger partial charge in [-0.1, -0.05) is 36.4 Å². The zero-order valence-corrected chi connectivity index (χ0v) is 21.8. The number of carbonyl (C=O) groups is 1. The molecule has 0 spiro atoms. The second-order valence-electron chi connectivity index (χ2n) is 8.01. The predicted octanol–water partition coefficient (Wildman–Crippen LogP) is 0.413. The minimum absolute atomic E-state index is 0. The molecule has 0 radical (unpaired) electrons. The number of fused-ring (bicyclic) bond motifs is 3. The maximum Gasteiger partial charge on any atom is 1.00 e. The van der Waals surface area contributed by atoms with Crippen molar-refractivity contribution in [3.63, 3.8) is 0 Å². The molecular formula is C24H21N2NaO6S. The van der Waals surface area contributed by atoms with Gasteiger partial charge in [0.15, 0.2) is 11.5 Å². The number of rotatable bonds is 4. The molecule has 0 aliphatic carbocycles. The fourth-order valence-electron chi connectivity index (χ4n) is 4.51. The van der Waals surface area contributed by atoms with Crippen molar-refractivity contribution in [3.05, 3.63) is 71.9 Å². The molecule has 3 aromatic rings. The van der Waals surface area contributed by atoms with Crippen LogP contribution >= 0.6 is 0 Å². The Labute approximate surface area is 219 Å². The van der Waals surface area contributed by atoms with Crippen molar-refractivity contribution in [2.24, 2.45) is 0 Å². The molecule has 2 heterocycles. The van der Waals surface area contributed by atoms with E-state index in [0.717, 1.165) is 21.9 Å². The van der Waals surface area contributed by atoms with Crippen molar-refractivity contribution >= 4 is 38.1 Å². The molecule has 170 valence electrons. The molecule has 0 unspecified atom stereocenters. The van der Waals surface area contributed by atoms with E-state index in [0.29, 0.717) is 11.5 Å². The molecular weight excluding hydrogens is 467 g/mol. The van der Waals surface area contributed by atoms with Gasteiger partial charge >= 0.3 is 29.6 Å². The molecule has 0 saturated heterocycles. The Morgan fingerprint density at radius 1 is 1.00 bits per heavy atom. The number of amides is 1. The van der Waals surface area contributed by atoms with Crippen LogP contribution in [-0.4, -0.2) is 49.4 Å². The van der Waals surface area contributed by atoms with Crippen molar-refractivity contribution < 1.29 is 56.8 Å². The summed E-state index contributed by atoms with van der Waals surface area (Å²) in [5.74, 6) is 0.211. The van der Waals surface area contributed by atoms with Crippen LogP contribution in [0.25, 0.3) is 16.3 Å². The van der Waals surface area contributed by atoms with E-state index in [2.05, 4.69) is 5.32 Å².